The monoisotopic (exact) mass is 355 g/mol. The van der Waals surface area contributed by atoms with Crippen molar-refractivity contribution in [3.63, 3.8) is 0 Å². The second-order valence-corrected chi connectivity index (χ2v) is 7.34. The van der Waals surface area contributed by atoms with E-state index in [1.165, 1.54) is 5.56 Å². The second-order valence-electron chi connectivity index (χ2n) is 7.34. The maximum absolute atomic E-state index is 11.3. The Morgan fingerprint density at radius 2 is 2.19 bits per heavy atom. The fraction of sp³-hybridized carbons (Fsp3) is 0.500. The van der Waals surface area contributed by atoms with E-state index in [1.54, 1.807) is 7.11 Å². The molecule has 1 atom stereocenters. The number of hydrogen-bond acceptors (Lipinski definition) is 5. The van der Waals surface area contributed by atoms with Gasteiger partial charge in [-0.1, -0.05) is 0 Å². The molecule has 0 radical (unpaired) electrons. The van der Waals surface area contributed by atoms with Crippen molar-refractivity contribution < 1.29 is 14.3 Å². The molecule has 3 heterocycles. The number of likely N-dealkylation sites (tertiary alicyclic amines) is 1. The standard InChI is InChI=1S/C20H25N3O3/c1-25-15-2-3-18-16(9-15)17-8-13(12-26-19(17)10-22-18)11-23-6-4-14(5-7-23)20(21)24/h2-3,9-10,13-14H,4-8,11-12H2,1H3,(H2,21,24). The van der Waals surface area contributed by atoms with E-state index < -0.39 is 0 Å². The van der Waals surface area contributed by atoms with Crippen molar-refractivity contribution in [2.24, 2.45) is 17.6 Å². The number of nitrogens with zero attached hydrogens (tertiary/aromatic N) is 2. The van der Waals surface area contributed by atoms with Crippen LogP contribution in [-0.4, -0.2) is 49.1 Å². The molecule has 6 heteroatoms. The summed E-state index contributed by atoms with van der Waals surface area (Å²) in [5.74, 6) is 2.03. The summed E-state index contributed by atoms with van der Waals surface area (Å²) in [5, 5.41) is 1.11. The Bertz CT molecular complexity index is 810. The lowest BCUT2D eigenvalue weighted by Gasteiger charge is -2.35. The molecule has 6 nitrogen and oxygen atoms in total. The molecular formula is C20H25N3O3. The Kier molecular flexibility index (Phi) is 4.68. The first-order valence-electron chi connectivity index (χ1n) is 9.24. The van der Waals surface area contributed by atoms with E-state index in [0.717, 1.165) is 61.3 Å². The molecule has 1 unspecified atom stereocenters. The maximum Gasteiger partial charge on any atom is 0.220 e. The predicted octanol–water partition coefficient (Wildman–Crippen LogP) is 1.99. The zero-order chi connectivity index (χ0) is 18.1. The highest BCUT2D eigenvalue weighted by Gasteiger charge is 2.28. The molecule has 138 valence electrons. The topological polar surface area (TPSA) is 77.7 Å². The molecule has 2 aromatic rings. The Morgan fingerprint density at radius 3 is 2.92 bits per heavy atom. The SMILES string of the molecule is COc1ccc2ncc3c(c2c1)CC(CN1CCC(C(N)=O)CC1)CO3. The molecule has 1 aromatic carbocycles. The molecule has 2 aliphatic heterocycles. The summed E-state index contributed by atoms with van der Waals surface area (Å²) in [5.41, 5.74) is 7.62. The molecule has 0 spiro atoms. The Morgan fingerprint density at radius 1 is 1.38 bits per heavy atom. The van der Waals surface area contributed by atoms with E-state index in [9.17, 15) is 4.79 Å². The summed E-state index contributed by atoms with van der Waals surface area (Å²) >= 11 is 0. The lowest BCUT2D eigenvalue weighted by molar-refractivity contribution is -0.123. The normalized spacial score (nSPS) is 21.2. The fourth-order valence-corrected chi connectivity index (χ4v) is 4.11. The smallest absolute Gasteiger partial charge is 0.220 e. The largest absolute Gasteiger partial charge is 0.497 e. The van der Waals surface area contributed by atoms with Crippen LogP contribution >= 0.6 is 0 Å². The van der Waals surface area contributed by atoms with E-state index in [1.807, 2.05) is 24.4 Å². The molecule has 1 saturated heterocycles. The van der Waals surface area contributed by atoms with Crippen molar-refractivity contribution in [3.8, 4) is 11.5 Å². The third kappa shape index (κ3) is 3.33. The number of pyridine rings is 1. The van der Waals surface area contributed by atoms with Gasteiger partial charge in [0.1, 0.15) is 11.5 Å². The van der Waals surface area contributed by atoms with Crippen molar-refractivity contribution >= 4 is 16.8 Å². The summed E-state index contributed by atoms with van der Waals surface area (Å²) in [6.45, 7) is 3.56. The number of amides is 1. The van der Waals surface area contributed by atoms with Crippen molar-refractivity contribution in [1.29, 1.82) is 0 Å². The molecule has 2 N–H and O–H groups in total. The third-order valence-electron chi connectivity index (χ3n) is 5.62. The fourth-order valence-electron chi connectivity index (χ4n) is 4.11. The van der Waals surface area contributed by atoms with Crippen LogP contribution < -0.4 is 15.2 Å². The number of aromatic nitrogens is 1. The second kappa shape index (κ2) is 7.11. The number of benzene rings is 1. The van der Waals surface area contributed by atoms with Gasteiger partial charge in [0, 0.05) is 29.3 Å². The zero-order valence-electron chi connectivity index (χ0n) is 15.1. The Hall–Kier alpha value is -2.34. The Balaban J connectivity index is 1.49. The number of hydrogen-bond donors (Lipinski definition) is 1. The minimum absolute atomic E-state index is 0.0389. The summed E-state index contributed by atoms with van der Waals surface area (Å²) in [4.78, 5) is 18.3. The van der Waals surface area contributed by atoms with Crippen molar-refractivity contribution in [2.45, 2.75) is 19.3 Å². The van der Waals surface area contributed by atoms with Gasteiger partial charge in [-0.15, -0.1) is 0 Å². The number of primary amides is 1. The van der Waals surface area contributed by atoms with E-state index >= 15 is 0 Å². The first-order valence-corrected chi connectivity index (χ1v) is 9.24. The predicted molar refractivity (Wildman–Crippen MR) is 99.3 cm³/mol. The lowest BCUT2D eigenvalue weighted by atomic mass is 9.91. The van der Waals surface area contributed by atoms with Crippen LogP contribution in [0.2, 0.25) is 0 Å². The van der Waals surface area contributed by atoms with Crippen molar-refractivity contribution in [2.75, 3.05) is 33.4 Å². The lowest BCUT2D eigenvalue weighted by Crippen LogP contribution is -2.42. The van der Waals surface area contributed by atoms with Crippen LogP contribution in [0, 0.1) is 11.8 Å². The van der Waals surface area contributed by atoms with E-state index in [2.05, 4.69) is 9.88 Å². The molecule has 4 rings (SSSR count). The highest BCUT2D eigenvalue weighted by atomic mass is 16.5. The summed E-state index contributed by atoms with van der Waals surface area (Å²) in [6.07, 6.45) is 4.53. The van der Waals surface area contributed by atoms with Gasteiger partial charge in [0.25, 0.3) is 0 Å². The van der Waals surface area contributed by atoms with Gasteiger partial charge in [-0.3, -0.25) is 9.78 Å². The van der Waals surface area contributed by atoms with Crippen molar-refractivity contribution in [3.05, 3.63) is 30.0 Å². The van der Waals surface area contributed by atoms with Crippen LogP contribution in [0.1, 0.15) is 18.4 Å². The van der Waals surface area contributed by atoms with Gasteiger partial charge in [-0.25, -0.2) is 0 Å². The number of methoxy groups -OCH3 is 1. The van der Waals surface area contributed by atoms with Gasteiger partial charge in [-0.2, -0.15) is 0 Å². The summed E-state index contributed by atoms with van der Waals surface area (Å²) in [6, 6.07) is 5.98. The van der Waals surface area contributed by atoms with E-state index in [0.29, 0.717) is 12.5 Å². The van der Waals surface area contributed by atoms with Crippen LogP contribution in [0.25, 0.3) is 10.9 Å². The number of nitrogens with two attached hydrogens (primary N) is 1. The third-order valence-corrected chi connectivity index (χ3v) is 5.62. The number of carbonyl (C=O) groups excluding carboxylic acids is 1. The molecule has 1 aromatic heterocycles. The van der Waals surface area contributed by atoms with Gasteiger partial charge in [0.15, 0.2) is 0 Å². The first-order chi connectivity index (χ1) is 12.6. The minimum atomic E-state index is -0.160. The van der Waals surface area contributed by atoms with Crippen LogP contribution in [0.4, 0.5) is 0 Å². The molecule has 2 aliphatic rings. The number of rotatable bonds is 4. The molecule has 26 heavy (non-hydrogen) atoms. The zero-order valence-corrected chi connectivity index (χ0v) is 15.1. The number of fused-ring (bicyclic) bond motifs is 3. The summed E-state index contributed by atoms with van der Waals surface area (Å²) < 4.78 is 11.4. The number of carbonyl (C=O) groups is 1. The van der Waals surface area contributed by atoms with Gasteiger partial charge in [0.05, 0.1) is 25.4 Å². The average molecular weight is 355 g/mol. The van der Waals surface area contributed by atoms with Gasteiger partial charge in [-0.05, 0) is 50.6 Å². The minimum Gasteiger partial charge on any atom is -0.497 e. The van der Waals surface area contributed by atoms with Crippen LogP contribution in [0.5, 0.6) is 11.5 Å². The van der Waals surface area contributed by atoms with Crippen LogP contribution in [-0.2, 0) is 11.2 Å². The van der Waals surface area contributed by atoms with E-state index in [-0.39, 0.29) is 11.8 Å². The van der Waals surface area contributed by atoms with E-state index in [4.69, 9.17) is 15.2 Å². The molecular weight excluding hydrogens is 330 g/mol. The van der Waals surface area contributed by atoms with Gasteiger partial charge >= 0.3 is 0 Å². The van der Waals surface area contributed by atoms with Crippen LogP contribution in [0.15, 0.2) is 24.4 Å². The van der Waals surface area contributed by atoms with Gasteiger partial charge < -0.3 is 20.1 Å². The first kappa shape index (κ1) is 17.1. The highest BCUT2D eigenvalue weighted by molar-refractivity contribution is 5.85. The maximum atomic E-state index is 11.3. The molecule has 0 aliphatic carbocycles. The Labute approximate surface area is 153 Å². The quantitative estimate of drug-likeness (QED) is 0.907. The highest BCUT2D eigenvalue weighted by Crippen LogP contribution is 2.34. The van der Waals surface area contributed by atoms with Crippen molar-refractivity contribution in [1.82, 2.24) is 9.88 Å². The van der Waals surface area contributed by atoms with Gasteiger partial charge in [0.2, 0.25) is 5.91 Å². The molecule has 1 fully saturated rings. The number of piperidine rings is 1. The molecule has 0 bridgehead atoms. The summed E-state index contributed by atoms with van der Waals surface area (Å²) in [7, 11) is 1.68. The molecule has 1 amide bonds. The average Bonchev–Trinajstić information content (AvgIpc) is 2.68. The molecule has 0 saturated carbocycles. The number of ether oxygens (including phenoxy) is 2. The van der Waals surface area contributed by atoms with Crippen LogP contribution in [0.3, 0.4) is 0 Å².